The first-order chi connectivity index (χ1) is 13.8. The predicted octanol–water partition coefficient (Wildman–Crippen LogP) is 3.99. The molecule has 0 aliphatic rings. The average molecular weight is 455 g/mol. The number of nitrogens with zero attached hydrogens (tertiary/aromatic N) is 2. The number of amides is 2. The fraction of sp³-hybridized carbons (Fsp3) is 0.227. The molecule has 0 unspecified atom stereocenters. The molecule has 0 spiro atoms. The molecule has 0 radical (unpaired) electrons. The van der Waals surface area contributed by atoms with Crippen LogP contribution in [0.1, 0.15) is 32.9 Å². The quantitative estimate of drug-likeness (QED) is 0.590. The Labute approximate surface area is 178 Å². The molecule has 2 N–H and O–H groups in total. The van der Waals surface area contributed by atoms with Gasteiger partial charge in [-0.3, -0.25) is 14.3 Å². The Balaban J connectivity index is 1.64. The first-order valence-corrected chi connectivity index (χ1v) is 10.1. The van der Waals surface area contributed by atoms with Gasteiger partial charge in [-0.25, -0.2) is 0 Å². The molecule has 3 aromatic rings. The second-order valence-electron chi connectivity index (χ2n) is 6.88. The highest BCUT2D eigenvalue weighted by Crippen LogP contribution is 2.20. The number of aryl methyl sites for hydroxylation is 2. The van der Waals surface area contributed by atoms with Crippen molar-refractivity contribution in [3.63, 3.8) is 0 Å². The smallest absolute Gasteiger partial charge is 0.255 e. The van der Waals surface area contributed by atoms with Crippen molar-refractivity contribution < 1.29 is 9.59 Å². The van der Waals surface area contributed by atoms with E-state index < -0.39 is 0 Å². The van der Waals surface area contributed by atoms with Gasteiger partial charge in [0.15, 0.2) is 0 Å². The summed E-state index contributed by atoms with van der Waals surface area (Å²) in [5, 5.41) is 10.0. The molecule has 0 atom stereocenters. The van der Waals surface area contributed by atoms with Crippen LogP contribution in [0.5, 0.6) is 0 Å². The minimum atomic E-state index is -0.304. The molecule has 1 heterocycles. The third kappa shape index (κ3) is 5.12. The third-order valence-corrected chi connectivity index (χ3v) is 5.15. The van der Waals surface area contributed by atoms with Crippen molar-refractivity contribution in [1.29, 1.82) is 0 Å². The van der Waals surface area contributed by atoms with E-state index in [2.05, 4.69) is 31.7 Å². The van der Waals surface area contributed by atoms with Gasteiger partial charge in [0.05, 0.1) is 24.3 Å². The topological polar surface area (TPSA) is 76.0 Å². The van der Waals surface area contributed by atoms with Gasteiger partial charge < -0.3 is 10.6 Å². The molecular weight excluding hydrogens is 432 g/mol. The first kappa shape index (κ1) is 20.8. The summed E-state index contributed by atoms with van der Waals surface area (Å²) in [6.45, 7) is 6.05. The van der Waals surface area contributed by atoms with Crippen LogP contribution in [-0.2, 0) is 11.3 Å². The Morgan fingerprint density at radius 2 is 1.79 bits per heavy atom. The number of nitrogens with one attached hydrogen (secondary N) is 2. The molecule has 0 bridgehead atoms. The van der Waals surface area contributed by atoms with Crippen LogP contribution in [0.15, 0.2) is 53.0 Å². The van der Waals surface area contributed by atoms with Crippen LogP contribution in [0.3, 0.4) is 0 Å². The van der Waals surface area contributed by atoms with E-state index in [1.807, 2.05) is 67.1 Å². The number of anilines is 1. The summed E-state index contributed by atoms with van der Waals surface area (Å²) in [7, 11) is 0. The van der Waals surface area contributed by atoms with Crippen LogP contribution in [0.2, 0.25) is 0 Å². The normalized spacial score (nSPS) is 10.6. The van der Waals surface area contributed by atoms with E-state index >= 15 is 0 Å². The lowest BCUT2D eigenvalue weighted by Crippen LogP contribution is -2.33. The molecule has 150 valence electrons. The largest absolute Gasteiger partial charge is 0.343 e. The number of carbonyl (C=O) groups excluding carboxylic acids is 2. The molecule has 2 amide bonds. The molecule has 0 saturated heterocycles. The number of aromatic nitrogens is 2. The minimum absolute atomic E-state index is 0.114. The fourth-order valence-electron chi connectivity index (χ4n) is 3.15. The van der Waals surface area contributed by atoms with Crippen LogP contribution in [0, 0.1) is 20.8 Å². The maximum atomic E-state index is 12.7. The van der Waals surface area contributed by atoms with Crippen molar-refractivity contribution in [1.82, 2.24) is 15.1 Å². The molecule has 0 saturated carbocycles. The van der Waals surface area contributed by atoms with Crippen molar-refractivity contribution in [3.8, 4) is 0 Å². The lowest BCUT2D eigenvalue weighted by molar-refractivity contribution is -0.115. The monoisotopic (exact) mass is 454 g/mol. The van der Waals surface area contributed by atoms with Crippen molar-refractivity contribution in [2.24, 2.45) is 0 Å². The third-order valence-electron chi connectivity index (χ3n) is 4.66. The SMILES string of the molecule is Cc1cc(Br)ccc1NC(=O)CNC(=O)c1c(C)nn(Cc2ccccc2)c1C. The van der Waals surface area contributed by atoms with E-state index in [-0.39, 0.29) is 18.4 Å². The summed E-state index contributed by atoms with van der Waals surface area (Å²) >= 11 is 3.40. The lowest BCUT2D eigenvalue weighted by Gasteiger charge is -2.10. The maximum absolute atomic E-state index is 12.7. The van der Waals surface area contributed by atoms with Crippen molar-refractivity contribution in [3.05, 3.63) is 81.1 Å². The van der Waals surface area contributed by atoms with Crippen LogP contribution < -0.4 is 10.6 Å². The molecule has 7 heteroatoms. The molecule has 3 rings (SSSR count). The van der Waals surface area contributed by atoms with Crippen molar-refractivity contribution >= 4 is 33.4 Å². The van der Waals surface area contributed by atoms with Gasteiger partial charge in [-0.1, -0.05) is 46.3 Å². The Morgan fingerprint density at radius 3 is 2.48 bits per heavy atom. The van der Waals surface area contributed by atoms with Gasteiger partial charge in [-0.2, -0.15) is 5.10 Å². The molecule has 6 nitrogen and oxygen atoms in total. The van der Waals surface area contributed by atoms with Crippen LogP contribution in [0.25, 0.3) is 0 Å². The summed E-state index contributed by atoms with van der Waals surface area (Å²) in [6.07, 6.45) is 0. The van der Waals surface area contributed by atoms with E-state index in [4.69, 9.17) is 0 Å². The van der Waals surface area contributed by atoms with E-state index in [1.165, 1.54) is 0 Å². The number of benzene rings is 2. The van der Waals surface area contributed by atoms with E-state index in [0.29, 0.717) is 17.8 Å². The highest BCUT2D eigenvalue weighted by atomic mass is 79.9. The highest BCUT2D eigenvalue weighted by Gasteiger charge is 2.19. The van der Waals surface area contributed by atoms with Gasteiger partial charge in [-0.05, 0) is 50.1 Å². The minimum Gasteiger partial charge on any atom is -0.343 e. The number of rotatable bonds is 6. The molecule has 0 fully saturated rings. The van der Waals surface area contributed by atoms with Gasteiger partial charge in [0.2, 0.25) is 5.91 Å². The number of hydrogen-bond donors (Lipinski definition) is 2. The van der Waals surface area contributed by atoms with E-state index in [1.54, 1.807) is 6.92 Å². The highest BCUT2D eigenvalue weighted by molar-refractivity contribution is 9.10. The Bertz CT molecular complexity index is 1040. The molecule has 1 aromatic heterocycles. The summed E-state index contributed by atoms with van der Waals surface area (Å²) < 4.78 is 2.75. The average Bonchev–Trinajstić information content (AvgIpc) is 2.96. The standard InChI is InChI=1S/C22H23BrN4O2/c1-14-11-18(23)9-10-19(14)25-20(28)12-24-22(29)21-15(2)26-27(16(21)3)13-17-7-5-4-6-8-17/h4-11H,12-13H2,1-3H3,(H,24,29)(H,25,28). The zero-order valence-electron chi connectivity index (χ0n) is 16.6. The second-order valence-corrected chi connectivity index (χ2v) is 7.79. The van der Waals surface area contributed by atoms with Crippen LogP contribution in [-0.4, -0.2) is 28.1 Å². The van der Waals surface area contributed by atoms with Crippen molar-refractivity contribution in [2.45, 2.75) is 27.3 Å². The van der Waals surface area contributed by atoms with Crippen molar-refractivity contribution in [2.75, 3.05) is 11.9 Å². The predicted molar refractivity (Wildman–Crippen MR) is 117 cm³/mol. The summed E-state index contributed by atoms with van der Waals surface area (Å²) in [6, 6.07) is 15.5. The van der Waals surface area contributed by atoms with Gasteiger partial charge in [-0.15, -0.1) is 0 Å². The molecule has 0 aliphatic heterocycles. The number of halogens is 1. The Hall–Kier alpha value is -2.93. The molecule has 29 heavy (non-hydrogen) atoms. The number of carbonyl (C=O) groups is 2. The Kier molecular flexibility index (Phi) is 6.49. The van der Waals surface area contributed by atoms with Gasteiger partial charge in [0.1, 0.15) is 0 Å². The molecular formula is C22H23BrN4O2. The zero-order valence-corrected chi connectivity index (χ0v) is 18.2. The molecule has 0 aliphatic carbocycles. The van der Waals surface area contributed by atoms with Gasteiger partial charge >= 0.3 is 0 Å². The maximum Gasteiger partial charge on any atom is 0.255 e. The summed E-state index contributed by atoms with van der Waals surface area (Å²) in [4.78, 5) is 24.9. The lowest BCUT2D eigenvalue weighted by atomic mass is 10.1. The van der Waals surface area contributed by atoms with E-state index in [9.17, 15) is 9.59 Å². The van der Waals surface area contributed by atoms with Gasteiger partial charge in [0.25, 0.3) is 5.91 Å². The zero-order chi connectivity index (χ0) is 21.0. The van der Waals surface area contributed by atoms with Gasteiger partial charge in [0, 0.05) is 15.9 Å². The summed E-state index contributed by atoms with van der Waals surface area (Å²) in [5.74, 6) is -0.585. The van der Waals surface area contributed by atoms with E-state index in [0.717, 1.165) is 27.0 Å². The molecule has 2 aromatic carbocycles. The van der Waals surface area contributed by atoms with Crippen LogP contribution in [0.4, 0.5) is 5.69 Å². The Morgan fingerprint density at radius 1 is 1.07 bits per heavy atom. The second kappa shape index (κ2) is 9.05. The fourth-order valence-corrected chi connectivity index (χ4v) is 3.62. The summed E-state index contributed by atoms with van der Waals surface area (Å²) in [5.41, 5.74) is 4.68. The number of hydrogen-bond acceptors (Lipinski definition) is 3. The first-order valence-electron chi connectivity index (χ1n) is 9.27. The van der Waals surface area contributed by atoms with Crippen LogP contribution >= 0.6 is 15.9 Å².